The maximum atomic E-state index is 12.0. The van der Waals surface area contributed by atoms with Crippen LogP contribution in [0.15, 0.2) is 47.8 Å². The van der Waals surface area contributed by atoms with E-state index in [-0.39, 0.29) is 5.91 Å². The SMILES string of the molecule is COC(=O)C(Cc1ccccc1)NC(=O)c1cccs1. The Labute approximate surface area is 121 Å². The van der Waals surface area contributed by atoms with Crippen molar-refractivity contribution in [1.29, 1.82) is 0 Å². The van der Waals surface area contributed by atoms with Crippen LogP contribution in [0.2, 0.25) is 0 Å². The summed E-state index contributed by atoms with van der Waals surface area (Å²) in [4.78, 5) is 24.4. The lowest BCUT2D eigenvalue weighted by Crippen LogP contribution is -2.42. The molecule has 5 heteroatoms. The van der Waals surface area contributed by atoms with Crippen LogP contribution < -0.4 is 5.32 Å². The van der Waals surface area contributed by atoms with Crippen LogP contribution in [-0.2, 0) is 16.0 Å². The minimum absolute atomic E-state index is 0.258. The fourth-order valence-electron chi connectivity index (χ4n) is 1.82. The van der Waals surface area contributed by atoms with Crippen molar-refractivity contribution in [3.63, 3.8) is 0 Å². The van der Waals surface area contributed by atoms with E-state index in [1.807, 2.05) is 35.7 Å². The fourth-order valence-corrected chi connectivity index (χ4v) is 2.45. The Morgan fingerprint density at radius 1 is 1.20 bits per heavy atom. The molecule has 0 spiro atoms. The van der Waals surface area contributed by atoms with Gasteiger partial charge in [0, 0.05) is 6.42 Å². The zero-order valence-electron chi connectivity index (χ0n) is 11.0. The van der Waals surface area contributed by atoms with Crippen molar-refractivity contribution >= 4 is 23.2 Å². The van der Waals surface area contributed by atoms with Crippen LogP contribution in [0, 0.1) is 0 Å². The molecule has 0 aliphatic rings. The zero-order chi connectivity index (χ0) is 14.4. The lowest BCUT2D eigenvalue weighted by atomic mass is 10.1. The van der Waals surface area contributed by atoms with Crippen molar-refractivity contribution in [2.24, 2.45) is 0 Å². The molecule has 1 N–H and O–H groups in total. The van der Waals surface area contributed by atoms with E-state index in [2.05, 4.69) is 5.32 Å². The van der Waals surface area contributed by atoms with E-state index in [9.17, 15) is 9.59 Å². The molecule has 20 heavy (non-hydrogen) atoms. The van der Waals surface area contributed by atoms with Gasteiger partial charge in [0.25, 0.3) is 5.91 Å². The van der Waals surface area contributed by atoms with Crippen LogP contribution in [-0.4, -0.2) is 25.0 Å². The number of hydrogen-bond acceptors (Lipinski definition) is 4. The standard InChI is InChI=1S/C15H15NO3S/c1-19-15(18)12(10-11-6-3-2-4-7-11)16-14(17)13-8-5-9-20-13/h2-9,12H,10H2,1H3,(H,16,17). The number of hydrogen-bond donors (Lipinski definition) is 1. The van der Waals surface area contributed by atoms with Crippen LogP contribution in [0.1, 0.15) is 15.2 Å². The molecule has 0 bridgehead atoms. The molecule has 2 rings (SSSR count). The van der Waals surface area contributed by atoms with Crippen molar-refractivity contribution in [3.8, 4) is 0 Å². The first-order valence-electron chi connectivity index (χ1n) is 6.17. The number of carbonyl (C=O) groups excluding carboxylic acids is 2. The molecule has 2 aromatic rings. The van der Waals surface area contributed by atoms with Gasteiger partial charge in [-0.05, 0) is 17.0 Å². The van der Waals surface area contributed by atoms with E-state index < -0.39 is 12.0 Å². The molecule has 1 aromatic carbocycles. The van der Waals surface area contributed by atoms with Gasteiger partial charge in [-0.25, -0.2) is 4.79 Å². The van der Waals surface area contributed by atoms with Crippen molar-refractivity contribution in [2.45, 2.75) is 12.5 Å². The highest BCUT2D eigenvalue weighted by atomic mass is 32.1. The number of methoxy groups -OCH3 is 1. The van der Waals surface area contributed by atoms with Gasteiger partial charge >= 0.3 is 5.97 Å². The Hall–Kier alpha value is -2.14. The smallest absolute Gasteiger partial charge is 0.328 e. The lowest BCUT2D eigenvalue weighted by molar-refractivity contribution is -0.142. The van der Waals surface area contributed by atoms with Crippen LogP contribution in [0.5, 0.6) is 0 Å². The van der Waals surface area contributed by atoms with Gasteiger partial charge in [0.15, 0.2) is 0 Å². The first-order chi connectivity index (χ1) is 9.70. The molecule has 1 heterocycles. The third kappa shape index (κ3) is 3.68. The first-order valence-corrected chi connectivity index (χ1v) is 7.05. The van der Waals surface area contributed by atoms with E-state index in [0.717, 1.165) is 5.56 Å². The first kappa shape index (κ1) is 14.3. The fraction of sp³-hybridized carbons (Fsp3) is 0.200. The molecule has 4 nitrogen and oxygen atoms in total. The summed E-state index contributed by atoms with van der Waals surface area (Å²) >= 11 is 1.33. The van der Waals surface area contributed by atoms with Gasteiger partial charge in [0.1, 0.15) is 6.04 Å². The maximum Gasteiger partial charge on any atom is 0.328 e. The number of rotatable bonds is 5. The molecule has 0 aliphatic heterocycles. The molecule has 0 aliphatic carbocycles. The van der Waals surface area contributed by atoms with E-state index in [1.165, 1.54) is 18.4 Å². The van der Waals surface area contributed by atoms with Crippen molar-refractivity contribution < 1.29 is 14.3 Å². The lowest BCUT2D eigenvalue weighted by Gasteiger charge is -2.16. The molecule has 0 radical (unpaired) electrons. The monoisotopic (exact) mass is 289 g/mol. The number of esters is 1. The Morgan fingerprint density at radius 2 is 1.95 bits per heavy atom. The third-order valence-electron chi connectivity index (χ3n) is 2.82. The molecule has 1 unspecified atom stereocenters. The van der Waals surface area contributed by atoms with Crippen LogP contribution in [0.4, 0.5) is 0 Å². The zero-order valence-corrected chi connectivity index (χ0v) is 11.9. The molecule has 1 atom stereocenters. The highest BCUT2D eigenvalue weighted by Gasteiger charge is 2.22. The number of thiophene rings is 1. The quantitative estimate of drug-likeness (QED) is 0.859. The summed E-state index contributed by atoms with van der Waals surface area (Å²) in [5.41, 5.74) is 0.967. The Morgan fingerprint density at radius 3 is 2.55 bits per heavy atom. The predicted octanol–water partition coefficient (Wildman–Crippen LogP) is 2.26. The molecule has 1 aromatic heterocycles. The predicted molar refractivity (Wildman–Crippen MR) is 77.7 cm³/mol. The largest absolute Gasteiger partial charge is 0.467 e. The Balaban J connectivity index is 2.08. The van der Waals surface area contributed by atoms with Crippen molar-refractivity contribution in [3.05, 3.63) is 58.3 Å². The second-order valence-corrected chi connectivity index (χ2v) is 5.16. The highest BCUT2D eigenvalue weighted by Crippen LogP contribution is 2.10. The molecular formula is C15H15NO3S. The van der Waals surface area contributed by atoms with E-state index >= 15 is 0 Å². The van der Waals surface area contributed by atoms with Gasteiger partial charge in [0.2, 0.25) is 0 Å². The summed E-state index contributed by atoms with van der Waals surface area (Å²) in [6, 6.07) is 12.3. The minimum atomic E-state index is -0.683. The van der Waals surface area contributed by atoms with Crippen molar-refractivity contribution in [1.82, 2.24) is 5.32 Å². The Bertz CT molecular complexity index is 566. The van der Waals surface area contributed by atoms with Crippen LogP contribution in [0.3, 0.4) is 0 Å². The van der Waals surface area contributed by atoms with E-state index in [1.54, 1.807) is 12.1 Å². The number of ether oxygens (including phenoxy) is 1. The summed E-state index contributed by atoms with van der Waals surface area (Å²) in [5.74, 6) is -0.704. The summed E-state index contributed by atoms with van der Waals surface area (Å²) in [6.45, 7) is 0. The molecule has 0 saturated heterocycles. The summed E-state index contributed by atoms with van der Waals surface area (Å²) in [7, 11) is 1.32. The average Bonchev–Trinajstić information content (AvgIpc) is 3.01. The second-order valence-electron chi connectivity index (χ2n) is 4.22. The van der Waals surface area contributed by atoms with E-state index in [0.29, 0.717) is 11.3 Å². The number of benzene rings is 1. The summed E-state index contributed by atoms with van der Waals surface area (Å²) < 4.78 is 4.75. The number of amides is 1. The summed E-state index contributed by atoms with van der Waals surface area (Å²) in [6.07, 6.45) is 0.407. The van der Waals surface area contributed by atoms with Gasteiger partial charge in [-0.1, -0.05) is 36.4 Å². The number of nitrogens with one attached hydrogen (secondary N) is 1. The van der Waals surface area contributed by atoms with Gasteiger partial charge < -0.3 is 10.1 Å². The molecule has 1 amide bonds. The molecular weight excluding hydrogens is 274 g/mol. The number of carbonyl (C=O) groups is 2. The topological polar surface area (TPSA) is 55.4 Å². The van der Waals surface area contributed by atoms with Gasteiger partial charge in [-0.2, -0.15) is 0 Å². The molecule has 104 valence electrons. The van der Waals surface area contributed by atoms with Crippen molar-refractivity contribution in [2.75, 3.05) is 7.11 Å². The van der Waals surface area contributed by atoms with Crippen LogP contribution >= 0.6 is 11.3 Å². The van der Waals surface area contributed by atoms with Gasteiger partial charge in [-0.3, -0.25) is 4.79 Å². The van der Waals surface area contributed by atoms with Crippen LogP contribution in [0.25, 0.3) is 0 Å². The molecule has 0 saturated carbocycles. The van der Waals surface area contributed by atoms with E-state index in [4.69, 9.17) is 4.74 Å². The Kier molecular flexibility index (Phi) is 4.90. The second kappa shape index (κ2) is 6.86. The van der Waals surface area contributed by atoms with Gasteiger partial charge in [-0.15, -0.1) is 11.3 Å². The third-order valence-corrected chi connectivity index (χ3v) is 3.69. The van der Waals surface area contributed by atoms with Gasteiger partial charge in [0.05, 0.1) is 12.0 Å². The maximum absolute atomic E-state index is 12.0. The summed E-state index contributed by atoms with van der Waals surface area (Å²) in [5, 5.41) is 4.53. The average molecular weight is 289 g/mol. The molecule has 0 fully saturated rings. The highest BCUT2D eigenvalue weighted by molar-refractivity contribution is 7.12. The minimum Gasteiger partial charge on any atom is -0.467 e. The normalized spacial score (nSPS) is 11.7.